The number of hydrogen-bond acceptors (Lipinski definition) is 6. The summed E-state index contributed by atoms with van der Waals surface area (Å²) < 4.78 is 14.7. The zero-order valence-corrected chi connectivity index (χ0v) is 14.2. The lowest BCUT2D eigenvalue weighted by molar-refractivity contribution is 0.0777. The van der Waals surface area contributed by atoms with E-state index in [-0.39, 0.29) is 17.2 Å². The van der Waals surface area contributed by atoms with Gasteiger partial charge < -0.3 is 9.47 Å². The Balaban J connectivity index is 1.46. The molecule has 1 unspecified atom stereocenters. The van der Waals surface area contributed by atoms with Crippen LogP contribution in [0.4, 0.5) is 0 Å². The molecule has 0 spiro atoms. The van der Waals surface area contributed by atoms with E-state index in [1.54, 1.807) is 4.68 Å². The van der Waals surface area contributed by atoms with Crippen molar-refractivity contribution in [2.75, 3.05) is 6.61 Å². The molecule has 0 fully saturated rings. The summed E-state index contributed by atoms with van der Waals surface area (Å²) in [4.78, 5) is 17.2. The third-order valence-corrected chi connectivity index (χ3v) is 4.40. The lowest BCUT2D eigenvalue weighted by atomic mass is 10.2. The Hall–Kier alpha value is -3.68. The Bertz CT molecular complexity index is 1170. The topological polar surface area (TPSA) is 84.1 Å². The van der Waals surface area contributed by atoms with E-state index in [0.717, 1.165) is 5.69 Å². The van der Waals surface area contributed by atoms with E-state index in [1.165, 1.54) is 10.9 Å². The second-order valence-corrected chi connectivity index (χ2v) is 6.21. The smallest absolute Gasteiger partial charge is 0.283 e. The molecule has 5 rings (SSSR count). The van der Waals surface area contributed by atoms with E-state index in [0.29, 0.717) is 30.3 Å². The number of rotatable bonds is 3. The maximum atomic E-state index is 12.8. The summed E-state index contributed by atoms with van der Waals surface area (Å²) in [6.45, 7) is 0.673. The molecule has 134 valence electrons. The normalized spacial score (nSPS) is 15.8. The van der Waals surface area contributed by atoms with Gasteiger partial charge in [-0.2, -0.15) is 4.68 Å². The molecule has 8 heteroatoms. The molecule has 0 saturated carbocycles. The van der Waals surface area contributed by atoms with Crippen molar-refractivity contribution in [1.29, 1.82) is 0 Å². The molecular formula is C19H15N5O3. The maximum Gasteiger partial charge on any atom is 0.283 e. The molecule has 1 aliphatic rings. The predicted octanol–water partition coefficient (Wildman–Crippen LogP) is 1.82. The minimum atomic E-state index is -0.291. The van der Waals surface area contributed by atoms with Crippen molar-refractivity contribution in [3.63, 3.8) is 0 Å². The Morgan fingerprint density at radius 1 is 1.04 bits per heavy atom. The van der Waals surface area contributed by atoms with Gasteiger partial charge >= 0.3 is 0 Å². The third kappa shape index (κ3) is 2.71. The Morgan fingerprint density at radius 3 is 2.67 bits per heavy atom. The van der Waals surface area contributed by atoms with E-state index in [4.69, 9.17) is 9.47 Å². The van der Waals surface area contributed by atoms with Crippen molar-refractivity contribution < 1.29 is 9.47 Å². The molecule has 1 atom stereocenters. The average molecular weight is 361 g/mol. The van der Waals surface area contributed by atoms with Crippen molar-refractivity contribution in [3.8, 4) is 17.2 Å². The van der Waals surface area contributed by atoms with Crippen molar-refractivity contribution in [2.45, 2.75) is 12.6 Å². The van der Waals surface area contributed by atoms with Gasteiger partial charge in [-0.1, -0.05) is 35.5 Å². The first-order valence-electron chi connectivity index (χ1n) is 8.54. The highest BCUT2D eigenvalue weighted by Gasteiger charge is 2.22. The Morgan fingerprint density at radius 2 is 1.81 bits per heavy atom. The van der Waals surface area contributed by atoms with Gasteiger partial charge in [-0.15, -0.1) is 5.10 Å². The number of aromatic nitrogens is 5. The highest BCUT2D eigenvalue weighted by atomic mass is 16.6. The molecule has 0 amide bonds. The summed E-state index contributed by atoms with van der Waals surface area (Å²) in [6.07, 6.45) is 1.21. The van der Waals surface area contributed by atoms with Crippen LogP contribution in [0.5, 0.6) is 11.5 Å². The van der Waals surface area contributed by atoms with E-state index in [9.17, 15) is 4.79 Å². The fourth-order valence-corrected chi connectivity index (χ4v) is 3.09. The summed E-state index contributed by atoms with van der Waals surface area (Å²) in [5, 5.41) is 8.11. The largest absolute Gasteiger partial charge is 0.486 e. The van der Waals surface area contributed by atoms with Crippen LogP contribution >= 0.6 is 0 Å². The van der Waals surface area contributed by atoms with E-state index >= 15 is 0 Å². The summed E-state index contributed by atoms with van der Waals surface area (Å²) >= 11 is 0. The predicted molar refractivity (Wildman–Crippen MR) is 97.3 cm³/mol. The van der Waals surface area contributed by atoms with Gasteiger partial charge in [0.25, 0.3) is 5.56 Å². The van der Waals surface area contributed by atoms with Gasteiger partial charge in [0.1, 0.15) is 12.9 Å². The van der Waals surface area contributed by atoms with Gasteiger partial charge in [0.15, 0.2) is 28.8 Å². The van der Waals surface area contributed by atoms with Gasteiger partial charge in [-0.3, -0.25) is 9.36 Å². The van der Waals surface area contributed by atoms with Crippen molar-refractivity contribution in [3.05, 3.63) is 71.3 Å². The average Bonchev–Trinajstić information content (AvgIpc) is 3.15. The monoisotopic (exact) mass is 361 g/mol. The molecule has 0 aliphatic carbocycles. The van der Waals surface area contributed by atoms with Crippen LogP contribution in [-0.4, -0.2) is 37.3 Å². The standard InChI is InChI=1S/C19H15N5O3/c25-19-17-18(24(22-21-17)13-6-2-1-3-7-13)20-12-23(19)10-14-11-26-15-8-4-5-9-16(15)27-14/h1-9,12,14H,10-11H2. The van der Waals surface area contributed by atoms with E-state index in [2.05, 4.69) is 15.3 Å². The van der Waals surface area contributed by atoms with Crippen molar-refractivity contribution >= 4 is 11.2 Å². The van der Waals surface area contributed by atoms with Crippen LogP contribution in [0, 0.1) is 0 Å². The molecule has 1 aliphatic heterocycles. The fraction of sp³-hybridized carbons (Fsp3) is 0.158. The molecule has 0 N–H and O–H groups in total. The first-order valence-corrected chi connectivity index (χ1v) is 8.54. The molecule has 2 aromatic heterocycles. The van der Waals surface area contributed by atoms with E-state index in [1.807, 2.05) is 54.6 Å². The van der Waals surface area contributed by atoms with Gasteiger partial charge in [0.2, 0.25) is 0 Å². The van der Waals surface area contributed by atoms with Crippen molar-refractivity contribution in [1.82, 2.24) is 24.5 Å². The highest BCUT2D eigenvalue weighted by molar-refractivity contribution is 5.70. The van der Waals surface area contributed by atoms with Crippen LogP contribution in [0.15, 0.2) is 65.7 Å². The van der Waals surface area contributed by atoms with Crippen molar-refractivity contribution in [2.24, 2.45) is 0 Å². The second kappa shape index (κ2) is 6.24. The summed E-state index contributed by atoms with van der Waals surface area (Å²) in [7, 11) is 0. The maximum absolute atomic E-state index is 12.8. The molecule has 0 saturated heterocycles. The van der Waals surface area contributed by atoms with Crippen LogP contribution in [0.3, 0.4) is 0 Å². The third-order valence-electron chi connectivity index (χ3n) is 4.40. The Labute approximate surface area is 153 Å². The zero-order valence-electron chi connectivity index (χ0n) is 14.2. The summed E-state index contributed by atoms with van der Waals surface area (Å²) in [5.41, 5.74) is 1.18. The van der Waals surface area contributed by atoms with Gasteiger partial charge in [0, 0.05) is 0 Å². The fourth-order valence-electron chi connectivity index (χ4n) is 3.09. The molecule has 2 aromatic carbocycles. The van der Waals surface area contributed by atoms with Crippen LogP contribution in [0.1, 0.15) is 0 Å². The van der Waals surface area contributed by atoms with Gasteiger partial charge in [0.05, 0.1) is 12.2 Å². The summed E-state index contributed by atoms with van der Waals surface area (Å²) in [5.74, 6) is 1.38. The number of fused-ring (bicyclic) bond motifs is 2. The zero-order chi connectivity index (χ0) is 18.2. The van der Waals surface area contributed by atoms with Crippen LogP contribution in [0.2, 0.25) is 0 Å². The molecule has 8 nitrogen and oxygen atoms in total. The minimum Gasteiger partial charge on any atom is -0.486 e. The summed E-state index contributed by atoms with van der Waals surface area (Å²) in [6, 6.07) is 16.9. The van der Waals surface area contributed by atoms with Gasteiger partial charge in [-0.05, 0) is 24.3 Å². The number of para-hydroxylation sites is 3. The molecule has 27 heavy (non-hydrogen) atoms. The molecule has 4 aromatic rings. The molecule has 3 heterocycles. The van der Waals surface area contributed by atoms with Crippen LogP contribution < -0.4 is 15.0 Å². The number of benzene rings is 2. The molecule has 0 bridgehead atoms. The first-order chi connectivity index (χ1) is 13.3. The lowest BCUT2D eigenvalue weighted by Gasteiger charge is -2.26. The minimum absolute atomic E-state index is 0.221. The van der Waals surface area contributed by atoms with E-state index < -0.39 is 0 Å². The highest BCUT2D eigenvalue weighted by Crippen LogP contribution is 2.31. The lowest BCUT2D eigenvalue weighted by Crippen LogP contribution is -2.36. The second-order valence-electron chi connectivity index (χ2n) is 6.21. The molecular weight excluding hydrogens is 346 g/mol. The number of nitrogens with zero attached hydrogens (tertiary/aromatic N) is 5. The molecule has 0 radical (unpaired) electrons. The SMILES string of the molecule is O=c1c2nnn(-c3ccccc3)c2ncn1CC1COc2ccccc2O1. The van der Waals surface area contributed by atoms with Crippen LogP contribution in [0.25, 0.3) is 16.9 Å². The number of ether oxygens (including phenoxy) is 2. The quantitative estimate of drug-likeness (QED) is 0.553. The first kappa shape index (κ1) is 15.6. The van der Waals surface area contributed by atoms with Crippen LogP contribution in [-0.2, 0) is 6.54 Å². The number of hydrogen-bond donors (Lipinski definition) is 0. The van der Waals surface area contributed by atoms with Gasteiger partial charge in [-0.25, -0.2) is 4.98 Å². The Kier molecular flexibility index (Phi) is 3.60.